The number of rotatable bonds is 4. The minimum absolute atomic E-state index is 0.0815. The van der Waals surface area contributed by atoms with Crippen molar-refractivity contribution in [2.45, 2.75) is 37.1 Å². The van der Waals surface area contributed by atoms with Crippen molar-refractivity contribution >= 4 is 34.1 Å². The Morgan fingerprint density at radius 3 is 3.00 bits per heavy atom. The Hall–Kier alpha value is -1.60. The Bertz CT molecular complexity index is 702. The van der Waals surface area contributed by atoms with Crippen LogP contribution >= 0.6 is 23.1 Å². The Labute approximate surface area is 137 Å². The van der Waals surface area contributed by atoms with Gasteiger partial charge in [0.15, 0.2) is 4.34 Å². The molecule has 5 nitrogen and oxygen atoms in total. The first kappa shape index (κ1) is 15.3. The summed E-state index contributed by atoms with van der Waals surface area (Å²) in [5.41, 5.74) is 1.63. The predicted octanol–water partition coefficient (Wildman–Crippen LogP) is 3.79. The van der Waals surface area contributed by atoms with Crippen LogP contribution in [0.1, 0.15) is 42.6 Å². The second-order valence-corrected chi connectivity index (χ2v) is 7.58. The molecule has 0 bridgehead atoms. The lowest BCUT2D eigenvalue weighted by Gasteiger charge is -2.08. The van der Waals surface area contributed by atoms with Gasteiger partial charge in [0.05, 0.1) is 5.56 Å². The Morgan fingerprint density at radius 2 is 2.23 bits per heavy atom. The van der Waals surface area contributed by atoms with E-state index in [0.29, 0.717) is 16.4 Å². The second kappa shape index (κ2) is 6.26. The van der Waals surface area contributed by atoms with Gasteiger partial charge in [0.25, 0.3) is 5.91 Å². The van der Waals surface area contributed by atoms with Crippen molar-refractivity contribution in [1.82, 2.24) is 10.2 Å². The van der Waals surface area contributed by atoms with E-state index in [4.69, 9.17) is 4.74 Å². The number of anilines is 1. The van der Waals surface area contributed by atoms with E-state index < -0.39 is 0 Å². The fraction of sp³-hybridized carbons (Fsp3) is 0.400. The average Bonchev–Trinajstić information content (AvgIpc) is 3.05. The molecular formula is C15H17N3O2S2. The molecule has 2 aromatic rings. The molecule has 0 radical (unpaired) electrons. The molecule has 7 heteroatoms. The Balaban J connectivity index is 1.81. The number of fused-ring (bicyclic) bond motifs is 1. The minimum atomic E-state index is -0.206. The smallest absolute Gasteiger partial charge is 0.261 e. The first-order valence-corrected chi connectivity index (χ1v) is 8.97. The van der Waals surface area contributed by atoms with Crippen LogP contribution in [0.2, 0.25) is 0 Å². The summed E-state index contributed by atoms with van der Waals surface area (Å²) in [7, 11) is 0. The maximum atomic E-state index is 12.5. The highest BCUT2D eigenvalue weighted by Crippen LogP contribution is 2.40. The van der Waals surface area contributed by atoms with Crippen LogP contribution in [0.25, 0.3) is 0 Å². The lowest BCUT2D eigenvalue weighted by Crippen LogP contribution is -2.14. The van der Waals surface area contributed by atoms with Crippen molar-refractivity contribution in [1.29, 1.82) is 0 Å². The number of amides is 1. The van der Waals surface area contributed by atoms with Crippen molar-refractivity contribution in [2.75, 3.05) is 11.1 Å². The lowest BCUT2D eigenvalue weighted by atomic mass is 9.97. The maximum Gasteiger partial charge on any atom is 0.261 e. The van der Waals surface area contributed by atoms with Crippen LogP contribution < -0.4 is 10.1 Å². The van der Waals surface area contributed by atoms with Crippen LogP contribution in [0.4, 0.5) is 5.13 Å². The molecule has 1 aromatic carbocycles. The monoisotopic (exact) mass is 335 g/mol. The van der Waals surface area contributed by atoms with Crippen molar-refractivity contribution in [3.8, 4) is 5.75 Å². The van der Waals surface area contributed by atoms with Gasteiger partial charge in [-0.15, -0.1) is 10.2 Å². The number of nitrogens with one attached hydrogen (secondary N) is 1. The molecule has 0 saturated heterocycles. The van der Waals surface area contributed by atoms with E-state index >= 15 is 0 Å². The molecular weight excluding hydrogens is 318 g/mol. The fourth-order valence-electron chi connectivity index (χ4n) is 2.37. The van der Waals surface area contributed by atoms with Gasteiger partial charge in [0, 0.05) is 11.5 Å². The van der Waals surface area contributed by atoms with E-state index in [2.05, 4.69) is 29.4 Å². The predicted molar refractivity (Wildman–Crippen MR) is 89.2 cm³/mol. The molecule has 0 fully saturated rings. The largest absolute Gasteiger partial charge is 0.489 e. The van der Waals surface area contributed by atoms with Gasteiger partial charge in [0.1, 0.15) is 11.9 Å². The van der Waals surface area contributed by atoms with Crippen molar-refractivity contribution in [3.63, 3.8) is 0 Å². The third kappa shape index (κ3) is 2.83. The molecule has 1 aromatic heterocycles. The molecule has 116 valence electrons. The number of carbonyl (C=O) groups is 1. The number of thioether (sulfide) groups is 1. The Kier molecular flexibility index (Phi) is 4.35. The molecule has 22 heavy (non-hydrogen) atoms. The first-order chi connectivity index (χ1) is 10.6. The summed E-state index contributed by atoms with van der Waals surface area (Å²) in [6.07, 6.45) is 0.0815. The molecule has 1 aliphatic rings. The van der Waals surface area contributed by atoms with Crippen LogP contribution in [0.5, 0.6) is 5.75 Å². The second-order valence-electron chi connectivity index (χ2n) is 5.10. The summed E-state index contributed by atoms with van der Waals surface area (Å²) >= 11 is 2.99. The average molecular weight is 335 g/mol. The van der Waals surface area contributed by atoms with Crippen LogP contribution in [0.15, 0.2) is 22.5 Å². The fourth-order valence-corrected chi connectivity index (χ4v) is 4.02. The Morgan fingerprint density at radius 1 is 1.41 bits per heavy atom. The summed E-state index contributed by atoms with van der Waals surface area (Å²) in [6, 6.07) is 5.69. The molecule has 0 spiro atoms. The topological polar surface area (TPSA) is 64.1 Å². The van der Waals surface area contributed by atoms with E-state index in [1.165, 1.54) is 11.3 Å². The third-order valence-electron chi connectivity index (χ3n) is 3.68. The van der Waals surface area contributed by atoms with E-state index in [9.17, 15) is 4.79 Å². The summed E-state index contributed by atoms with van der Waals surface area (Å²) in [4.78, 5) is 12.5. The highest BCUT2D eigenvalue weighted by atomic mass is 32.2. The molecule has 0 aliphatic carbocycles. The normalized spacial score (nSPS) is 19.6. The zero-order chi connectivity index (χ0) is 15.7. The third-order valence-corrected chi connectivity index (χ3v) is 5.54. The maximum absolute atomic E-state index is 12.5. The number of ether oxygens (including phenoxy) is 1. The SMILES string of the molecule is CCSc1nnc(NC(=O)c2cccc3c2OC(C)C3C)s1. The number of benzene rings is 1. The first-order valence-electron chi connectivity index (χ1n) is 7.17. The van der Waals surface area contributed by atoms with Crippen molar-refractivity contribution in [3.05, 3.63) is 29.3 Å². The van der Waals surface area contributed by atoms with Gasteiger partial charge in [-0.2, -0.15) is 0 Å². The van der Waals surface area contributed by atoms with Gasteiger partial charge in [-0.25, -0.2) is 0 Å². The van der Waals surface area contributed by atoms with Crippen LogP contribution in [-0.2, 0) is 0 Å². The van der Waals surface area contributed by atoms with Crippen LogP contribution in [0.3, 0.4) is 0 Å². The van der Waals surface area contributed by atoms with E-state index in [1.54, 1.807) is 17.8 Å². The van der Waals surface area contributed by atoms with Gasteiger partial charge in [-0.1, -0.05) is 49.1 Å². The number of hydrogen-bond donors (Lipinski definition) is 1. The number of carbonyl (C=O) groups excluding carboxylic acids is 1. The van der Waals surface area contributed by atoms with Crippen molar-refractivity contribution < 1.29 is 9.53 Å². The van der Waals surface area contributed by atoms with Gasteiger partial charge < -0.3 is 4.74 Å². The molecule has 0 saturated carbocycles. The highest BCUT2D eigenvalue weighted by molar-refractivity contribution is 8.01. The molecule has 2 heterocycles. The summed E-state index contributed by atoms with van der Waals surface area (Å²) in [5.74, 6) is 1.70. The lowest BCUT2D eigenvalue weighted by molar-refractivity contribution is 0.102. The number of nitrogens with zero attached hydrogens (tertiary/aromatic N) is 2. The molecule has 1 aliphatic heterocycles. The molecule has 2 unspecified atom stereocenters. The van der Waals surface area contributed by atoms with Gasteiger partial charge in [-0.3, -0.25) is 10.1 Å². The van der Waals surface area contributed by atoms with Crippen LogP contribution in [0, 0.1) is 0 Å². The summed E-state index contributed by atoms with van der Waals surface area (Å²) in [6.45, 7) is 6.18. The van der Waals surface area contributed by atoms with Crippen LogP contribution in [-0.4, -0.2) is 28.0 Å². The zero-order valence-corrected chi connectivity index (χ0v) is 14.3. The van der Waals surface area contributed by atoms with E-state index in [-0.39, 0.29) is 17.9 Å². The van der Waals surface area contributed by atoms with Crippen molar-refractivity contribution in [2.24, 2.45) is 0 Å². The standard InChI is InChI=1S/C15H17N3O2S2/c1-4-21-15-18-17-14(22-15)16-13(19)11-7-5-6-10-8(2)9(3)20-12(10)11/h5-9H,4H2,1-3H3,(H,16,17,19). The number of hydrogen-bond acceptors (Lipinski definition) is 6. The van der Waals surface area contributed by atoms with E-state index in [1.807, 2.05) is 19.1 Å². The highest BCUT2D eigenvalue weighted by Gasteiger charge is 2.31. The zero-order valence-electron chi connectivity index (χ0n) is 12.6. The number of aromatic nitrogens is 2. The minimum Gasteiger partial charge on any atom is -0.489 e. The molecule has 2 atom stereocenters. The van der Waals surface area contributed by atoms with Gasteiger partial charge >= 0.3 is 0 Å². The van der Waals surface area contributed by atoms with Gasteiger partial charge in [-0.05, 0) is 18.7 Å². The van der Waals surface area contributed by atoms with Gasteiger partial charge in [0.2, 0.25) is 5.13 Å². The quantitative estimate of drug-likeness (QED) is 0.680. The summed E-state index contributed by atoms with van der Waals surface area (Å²) in [5, 5.41) is 11.4. The van der Waals surface area contributed by atoms with E-state index in [0.717, 1.165) is 15.7 Å². The molecule has 1 amide bonds. The summed E-state index contributed by atoms with van der Waals surface area (Å²) < 4.78 is 6.71. The number of para-hydroxylation sites is 1. The molecule has 3 rings (SSSR count). The molecule has 1 N–H and O–H groups in total.